The molecule has 2 rings (SSSR count). The first kappa shape index (κ1) is 15.5. The van der Waals surface area contributed by atoms with Crippen LogP contribution in [0.4, 0.5) is 5.69 Å². The number of nitro benzene ring substituents is 1. The van der Waals surface area contributed by atoms with Crippen molar-refractivity contribution in [3.8, 4) is 17.6 Å². The highest BCUT2D eigenvalue weighted by molar-refractivity contribution is 9.10. The fourth-order valence-electron chi connectivity index (χ4n) is 1.61. The minimum atomic E-state index is -0.469. The first-order valence-electron chi connectivity index (χ1n) is 5.94. The van der Waals surface area contributed by atoms with Crippen molar-refractivity contribution in [3.05, 3.63) is 54.7 Å². The van der Waals surface area contributed by atoms with Crippen LogP contribution in [0.2, 0.25) is 0 Å². The van der Waals surface area contributed by atoms with Crippen LogP contribution in [-0.4, -0.2) is 11.5 Å². The van der Waals surface area contributed by atoms with Crippen molar-refractivity contribution >= 4 is 33.0 Å². The van der Waals surface area contributed by atoms with Crippen LogP contribution in [0.25, 0.3) is 0 Å². The van der Waals surface area contributed by atoms with Crippen molar-refractivity contribution in [3.63, 3.8) is 0 Å². The van der Waals surface area contributed by atoms with E-state index in [1.165, 1.54) is 17.4 Å². The second-order valence-electron chi connectivity index (χ2n) is 3.92. The van der Waals surface area contributed by atoms with Crippen LogP contribution in [0.3, 0.4) is 0 Å². The third-order valence-electron chi connectivity index (χ3n) is 2.55. The fraction of sp³-hybridized carbons (Fsp3) is 0.143. The van der Waals surface area contributed by atoms with Crippen molar-refractivity contribution in [2.45, 2.75) is 6.61 Å². The van der Waals surface area contributed by atoms with E-state index in [4.69, 9.17) is 10.5 Å². The summed E-state index contributed by atoms with van der Waals surface area (Å²) in [4.78, 5) is 11.5. The second kappa shape index (κ2) is 7.22. The maximum absolute atomic E-state index is 11.0. The normalized spacial score (nSPS) is 9.81. The lowest BCUT2D eigenvalue weighted by Crippen LogP contribution is -1.99. The maximum Gasteiger partial charge on any atom is 0.312 e. The van der Waals surface area contributed by atoms with E-state index >= 15 is 0 Å². The molecule has 0 saturated heterocycles. The van der Waals surface area contributed by atoms with E-state index in [9.17, 15) is 10.1 Å². The van der Waals surface area contributed by atoms with Crippen LogP contribution in [0, 0.1) is 22.0 Å². The number of benzene rings is 1. The van der Waals surface area contributed by atoms with Crippen LogP contribution >= 0.6 is 27.3 Å². The summed E-state index contributed by atoms with van der Waals surface area (Å²) in [7, 11) is 0. The third-order valence-corrected chi connectivity index (χ3v) is 3.93. The first-order chi connectivity index (χ1) is 10.1. The largest absolute Gasteiger partial charge is 0.481 e. The molecule has 0 saturated carbocycles. The molecule has 1 aromatic carbocycles. The van der Waals surface area contributed by atoms with Crippen molar-refractivity contribution < 1.29 is 9.66 Å². The lowest BCUT2D eigenvalue weighted by molar-refractivity contribution is -0.386. The first-order valence-corrected chi connectivity index (χ1v) is 7.61. The van der Waals surface area contributed by atoms with E-state index in [1.54, 1.807) is 12.1 Å². The minimum Gasteiger partial charge on any atom is -0.481 e. The summed E-state index contributed by atoms with van der Waals surface area (Å²) < 4.78 is 6.20. The standard InChI is InChI=1S/C14H11BrN2O3S/c15-11-3-4-13(12(8-11)17(18)19)20-9-14-10(2-1-6-16)5-7-21-14/h3-5,7-8H,6,9,16H2. The highest BCUT2D eigenvalue weighted by Gasteiger charge is 2.16. The van der Waals surface area contributed by atoms with Gasteiger partial charge in [0.15, 0.2) is 5.75 Å². The summed E-state index contributed by atoms with van der Waals surface area (Å²) in [5, 5.41) is 12.9. The van der Waals surface area contributed by atoms with E-state index in [1.807, 2.05) is 11.4 Å². The Balaban J connectivity index is 2.17. The average molecular weight is 367 g/mol. The van der Waals surface area contributed by atoms with Gasteiger partial charge in [0.25, 0.3) is 0 Å². The molecule has 0 bridgehead atoms. The van der Waals surface area contributed by atoms with Crippen molar-refractivity contribution in [2.75, 3.05) is 6.54 Å². The molecule has 5 nitrogen and oxygen atoms in total. The molecule has 2 N–H and O–H groups in total. The van der Waals surface area contributed by atoms with Gasteiger partial charge in [0, 0.05) is 16.1 Å². The molecule has 0 aliphatic carbocycles. The SMILES string of the molecule is NCC#Cc1ccsc1COc1ccc(Br)cc1[N+](=O)[O-]. The van der Waals surface area contributed by atoms with E-state index in [-0.39, 0.29) is 24.6 Å². The van der Waals surface area contributed by atoms with Gasteiger partial charge in [0.2, 0.25) is 0 Å². The van der Waals surface area contributed by atoms with Crippen LogP contribution in [0.5, 0.6) is 5.75 Å². The molecular formula is C14H11BrN2O3S. The molecule has 2 aromatic rings. The molecule has 0 amide bonds. The number of nitro groups is 1. The van der Waals surface area contributed by atoms with E-state index in [0.29, 0.717) is 4.47 Å². The predicted octanol–water partition coefficient (Wildman–Crippen LogP) is 3.31. The molecule has 0 atom stereocenters. The molecule has 21 heavy (non-hydrogen) atoms. The zero-order chi connectivity index (χ0) is 15.2. The topological polar surface area (TPSA) is 78.4 Å². The molecule has 1 aromatic heterocycles. The molecule has 1 heterocycles. The molecule has 0 unspecified atom stereocenters. The number of nitrogens with two attached hydrogens (primary N) is 1. The van der Waals surface area contributed by atoms with Crippen molar-refractivity contribution in [2.24, 2.45) is 5.73 Å². The van der Waals surface area contributed by atoms with Gasteiger partial charge in [0.1, 0.15) is 6.61 Å². The van der Waals surface area contributed by atoms with Gasteiger partial charge in [-0.15, -0.1) is 11.3 Å². The Morgan fingerprint density at radius 3 is 2.95 bits per heavy atom. The Kier molecular flexibility index (Phi) is 5.33. The Morgan fingerprint density at radius 2 is 2.24 bits per heavy atom. The van der Waals surface area contributed by atoms with Crippen LogP contribution in [0.1, 0.15) is 10.4 Å². The van der Waals surface area contributed by atoms with Crippen LogP contribution in [-0.2, 0) is 6.61 Å². The Bertz CT molecular complexity index is 718. The number of ether oxygens (including phenoxy) is 1. The maximum atomic E-state index is 11.0. The monoisotopic (exact) mass is 366 g/mol. The van der Waals surface area contributed by atoms with Crippen LogP contribution < -0.4 is 10.5 Å². The Labute approximate surface area is 134 Å². The van der Waals surface area contributed by atoms with E-state index in [0.717, 1.165) is 10.4 Å². The molecular weight excluding hydrogens is 356 g/mol. The molecule has 7 heteroatoms. The smallest absolute Gasteiger partial charge is 0.312 e. The lowest BCUT2D eigenvalue weighted by atomic mass is 10.2. The van der Waals surface area contributed by atoms with Gasteiger partial charge >= 0.3 is 5.69 Å². The summed E-state index contributed by atoms with van der Waals surface area (Å²) in [5.74, 6) is 5.96. The molecule has 0 radical (unpaired) electrons. The summed E-state index contributed by atoms with van der Waals surface area (Å²) in [5.41, 5.74) is 6.11. The highest BCUT2D eigenvalue weighted by Crippen LogP contribution is 2.31. The Hall–Kier alpha value is -1.88. The number of halogens is 1. The number of hydrogen-bond acceptors (Lipinski definition) is 5. The zero-order valence-corrected chi connectivity index (χ0v) is 13.2. The molecule has 0 fully saturated rings. The second-order valence-corrected chi connectivity index (χ2v) is 5.84. The molecule has 0 aliphatic heterocycles. The number of thiophene rings is 1. The van der Waals surface area contributed by atoms with Gasteiger partial charge in [-0.3, -0.25) is 10.1 Å². The van der Waals surface area contributed by atoms with Gasteiger partial charge in [-0.05, 0) is 23.6 Å². The lowest BCUT2D eigenvalue weighted by Gasteiger charge is -2.06. The summed E-state index contributed by atoms with van der Waals surface area (Å²) in [6.45, 7) is 0.517. The number of hydrogen-bond donors (Lipinski definition) is 1. The van der Waals surface area contributed by atoms with Gasteiger partial charge in [-0.25, -0.2) is 0 Å². The van der Waals surface area contributed by atoms with E-state index < -0.39 is 4.92 Å². The summed E-state index contributed by atoms with van der Waals surface area (Å²) in [6.07, 6.45) is 0. The summed E-state index contributed by atoms with van der Waals surface area (Å²) >= 11 is 4.70. The molecule has 0 spiro atoms. The summed E-state index contributed by atoms with van der Waals surface area (Å²) in [6, 6.07) is 6.56. The average Bonchev–Trinajstić information content (AvgIpc) is 2.91. The van der Waals surface area contributed by atoms with Crippen molar-refractivity contribution in [1.29, 1.82) is 0 Å². The molecule has 108 valence electrons. The molecule has 0 aliphatic rings. The zero-order valence-electron chi connectivity index (χ0n) is 10.8. The number of rotatable bonds is 4. The number of nitrogens with zero attached hydrogens (tertiary/aromatic N) is 1. The Morgan fingerprint density at radius 1 is 1.43 bits per heavy atom. The minimum absolute atomic E-state index is 0.0736. The van der Waals surface area contributed by atoms with Gasteiger partial charge in [-0.1, -0.05) is 27.8 Å². The van der Waals surface area contributed by atoms with Gasteiger partial charge < -0.3 is 10.5 Å². The highest BCUT2D eigenvalue weighted by atomic mass is 79.9. The van der Waals surface area contributed by atoms with E-state index in [2.05, 4.69) is 27.8 Å². The van der Waals surface area contributed by atoms with Gasteiger partial charge in [-0.2, -0.15) is 0 Å². The van der Waals surface area contributed by atoms with Gasteiger partial charge in [0.05, 0.1) is 16.3 Å². The van der Waals surface area contributed by atoms with Crippen LogP contribution in [0.15, 0.2) is 34.1 Å². The predicted molar refractivity (Wildman–Crippen MR) is 85.4 cm³/mol. The van der Waals surface area contributed by atoms with Crippen molar-refractivity contribution in [1.82, 2.24) is 0 Å². The third kappa shape index (κ3) is 4.04. The fourth-order valence-corrected chi connectivity index (χ4v) is 2.70. The quantitative estimate of drug-likeness (QED) is 0.511.